The Balaban J connectivity index is 0.00000192. The van der Waals surface area contributed by atoms with E-state index in [1.807, 2.05) is 6.07 Å². The minimum Gasteiger partial charge on any atom is -0.497 e. The summed E-state index contributed by atoms with van der Waals surface area (Å²) in [6, 6.07) is 8.33. The highest BCUT2D eigenvalue weighted by Crippen LogP contribution is 2.71. The number of amides is 1. The fraction of sp³-hybridized carbons (Fsp3) is 0.632. The summed E-state index contributed by atoms with van der Waals surface area (Å²) in [5.74, 6) is 2.68. The maximum atomic E-state index is 11.9. The van der Waals surface area contributed by atoms with Gasteiger partial charge in [0.2, 0.25) is 5.91 Å². The summed E-state index contributed by atoms with van der Waals surface area (Å²) in [5.41, 5.74) is 6.85. The van der Waals surface area contributed by atoms with Gasteiger partial charge in [-0.3, -0.25) is 4.79 Å². The smallest absolute Gasteiger partial charge is 0.223 e. The summed E-state index contributed by atoms with van der Waals surface area (Å²) < 4.78 is 5.33. The molecule has 1 amide bonds. The van der Waals surface area contributed by atoms with Crippen molar-refractivity contribution in [1.82, 2.24) is 0 Å². The molecule has 3 saturated carbocycles. The number of nitrogens with two attached hydrogens (primary N) is 1. The van der Waals surface area contributed by atoms with Crippen LogP contribution < -0.4 is 10.5 Å². The van der Waals surface area contributed by atoms with Crippen LogP contribution in [0.25, 0.3) is 0 Å². The Morgan fingerprint density at radius 3 is 2.70 bits per heavy atom. The number of hydrogen-bond acceptors (Lipinski definition) is 2. The number of benzene rings is 1. The molecule has 4 heteroatoms. The Hall–Kier alpha value is -1.22. The van der Waals surface area contributed by atoms with Gasteiger partial charge in [0.05, 0.1) is 12.5 Å². The Morgan fingerprint density at radius 2 is 2.17 bits per heavy atom. The molecule has 3 aliphatic carbocycles. The van der Waals surface area contributed by atoms with Crippen LogP contribution in [0, 0.1) is 23.2 Å². The Bertz CT molecular complexity index is 554. The van der Waals surface area contributed by atoms with E-state index in [1.54, 1.807) is 7.11 Å². The van der Waals surface area contributed by atoms with E-state index < -0.39 is 0 Å². The molecule has 3 fully saturated rings. The molecule has 128 valence electrons. The average molecular weight is 338 g/mol. The number of methoxy groups -OCH3 is 1. The van der Waals surface area contributed by atoms with Crippen molar-refractivity contribution in [3.63, 3.8) is 0 Å². The van der Waals surface area contributed by atoms with Crippen LogP contribution in [-0.2, 0) is 11.2 Å². The van der Waals surface area contributed by atoms with Crippen molar-refractivity contribution in [1.29, 1.82) is 0 Å². The van der Waals surface area contributed by atoms with Crippen LogP contribution in [0.1, 0.15) is 44.6 Å². The lowest BCUT2D eigenvalue weighted by molar-refractivity contribution is -0.213. The number of hydrogen-bond donors (Lipinski definition) is 1. The summed E-state index contributed by atoms with van der Waals surface area (Å²) in [6.45, 7) is 2.23. The molecule has 2 bridgehead atoms. The maximum Gasteiger partial charge on any atom is 0.223 e. The third-order valence-electron chi connectivity index (χ3n) is 5.96. The molecule has 3 nitrogen and oxygen atoms in total. The van der Waals surface area contributed by atoms with Gasteiger partial charge in [0.1, 0.15) is 5.75 Å². The van der Waals surface area contributed by atoms with Crippen LogP contribution in [-0.4, -0.2) is 13.0 Å². The van der Waals surface area contributed by atoms with Crippen molar-refractivity contribution in [3.05, 3.63) is 29.8 Å². The van der Waals surface area contributed by atoms with Gasteiger partial charge in [0.25, 0.3) is 0 Å². The monoisotopic (exact) mass is 337 g/mol. The SMILES string of the molecule is CCCCC(Cc1cccc(OC)c1)C1C2CC1(C(N)=O)C2.Cl. The van der Waals surface area contributed by atoms with Gasteiger partial charge in [-0.05, 0) is 61.1 Å². The van der Waals surface area contributed by atoms with E-state index in [-0.39, 0.29) is 23.7 Å². The molecule has 0 heterocycles. The second kappa shape index (κ2) is 7.12. The molecule has 2 N–H and O–H groups in total. The van der Waals surface area contributed by atoms with Crippen molar-refractivity contribution >= 4 is 18.3 Å². The first-order valence-corrected chi connectivity index (χ1v) is 8.53. The first kappa shape index (κ1) is 18.1. The van der Waals surface area contributed by atoms with Crippen LogP contribution in [0.5, 0.6) is 5.75 Å². The molecular formula is C19H28ClNO2. The molecule has 2 unspecified atom stereocenters. The summed E-state index contributed by atoms with van der Waals surface area (Å²) >= 11 is 0. The molecule has 0 aromatic heterocycles. The van der Waals surface area contributed by atoms with Crippen molar-refractivity contribution in [3.8, 4) is 5.75 Å². The molecular weight excluding hydrogens is 310 g/mol. The third kappa shape index (κ3) is 3.08. The second-order valence-electron chi connectivity index (χ2n) is 7.17. The van der Waals surface area contributed by atoms with Crippen LogP contribution in [0.15, 0.2) is 24.3 Å². The van der Waals surface area contributed by atoms with Crippen molar-refractivity contribution < 1.29 is 9.53 Å². The minimum absolute atomic E-state index is 0. The lowest BCUT2D eigenvalue weighted by Crippen LogP contribution is -2.69. The second-order valence-corrected chi connectivity index (χ2v) is 7.17. The largest absolute Gasteiger partial charge is 0.497 e. The molecule has 3 aliphatic rings. The lowest BCUT2D eigenvalue weighted by atomic mass is 9.34. The van der Waals surface area contributed by atoms with Crippen molar-refractivity contribution in [2.45, 2.75) is 45.4 Å². The van der Waals surface area contributed by atoms with E-state index in [4.69, 9.17) is 10.5 Å². The third-order valence-corrected chi connectivity index (χ3v) is 5.96. The predicted molar refractivity (Wildman–Crippen MR) is 94.8 cm³/mol. The standard InChI is InChI=1S/C19H27NO2.ClH/c1-3-4-7-14(9-13-6-5-8-16(10-13)22-2)17-15-11-19(17,12-15)18(20)21;/h5-6,8,10,14-15,17H,3-4,7,9,11-12H2,1-2H3,(H2,20,21);1H. The normalized spacial score (nSPS) is 28.8. The molecule has 2 atom stereocenters. The van der Waals surface area contributed by atoms with Crippen LogP contribution in [0.2, 0.25) is 0 Å². The molecule has 0 spiro atoms. The van der Waals surface area contributed by atoms with Gasteiger partial charge in [0, 0.05) is 0 Å². The number of unbranched alkanes of at least 4 members (excludes halogenated alkanes) is 1. The number of rotatable bonds is 8. The number of halogens is 1. The van der Waals surface area contributed by atoms with Crippen LogP contribution in [0.4, 0.5) is 0 Å². The fourth-order valence-corrected chi connectivity index (χ4v) is 4.71. The Labute approximate surface area is 145 Å². The minimum atomic E-state index is -0.165. The first-order chi connectivity index (χ1) is 10.6. The van der Waals surface area contributed by atoms with E-state index in [1.165, 1.54) is 24.8 Å². The number of carbonyl (C=O) groups excluding carboxylic acids is 1. The van der Waals surface area contributed by atoms with E-state index >= 15 is 0 Å². The van der Waals surface area contributed by atoms with Gasteiger partial charge in [-0.1, -0.05) is 31.9 Å². The average Bonchev–Trinajstić information content (AvgIpc) is 2.42. The number of ether oxygens (including phenoxy) is 1. The van der Waals surface area contributed by atoms with Crippen LogP contribution >= 0.6 is 12.4 Å². The molecule has 4 rings (SSSR count). The summed E-state index contributed by atoms with van der Waals surface area (Å²) in [6.07, 6.45) is 6.74. The van der Waals surface area contributed by atoms with Gasteiger partial charge in [-0.25, -0.2) is 0 Å². The first-order valence-electron chi connectivity index (χ1n) is 8.53. The van der Waals surface area contributed by atoms with Gasteiger partial charge in [0.15, 0.2) is 0 Å². The zero-order chi connectivity index (χ0) is 15.7. The molecule has 1 aromatic carbocycles. The maximum absolute atomic E-state index is 11.9. The van der Waals surface area contributed by atoms with E-state index in [9.17, 15) is 4.79 Å². The van der Waals surface area contributed by atoms with Gasteiger partial charge < -0.3 is 10.5 Å². The quantitative estimate of drug-likeness (QED) is 0.780. The van der Waals surface area contributed by atoms with Gasteiger partial charge in [-0.15, -0.1) is 12.4 Å². The van der Waals surface area contributed by atoms with Crippen molar-refractivity contribution in [2.24, 2.45) is 28.9 Å². The lowest BCUT2D eigenvalue weighted by Gasteiger charge is -2.69. The number of carbonyl (C=O) groups is 1. The van der Waals surface area contributed by atoms with Crippen LogP contribution in [0.3, 0.4) is 0 Å². The zero-order valence-corrected chi connectivity index (χ0v) is 14.9. The predicted octanol–water partition coefficient (Wildman–Crippen LogP) is 3.98. The molecule has 0 aliphatic heterocycles. The van der Waals surface area contributed by atoms with E-state index in [2.05, 4.69) is 25.1 Å². The van der Waals surface area contributed by atoms with E-state index in [0.717, 1.165) is 30.9 Å². The molecule has 1 aromatic rings. The molecule has 0 saturated heterocycles. The summed E-state index contributed by atoms with van der Waals surface area (Å²) in [5, 5.41) is 0. The Kier molecular flexibility index (Phi) is 5.61. The molecule has 23 heavy (non-hydrogen) atoms. The summed E-state index contributed by atoms with van der Waals surface area (Å²) in [4.78, 5) is 11.9. The summed E-state index contributed by atoms with van der Waals surface area (Å²) in [7, 11) is 1.71. The van der Waals surface area contributed by atoms with Crippen molar-refractivity contribution in [2.75, 3.05) is 7.11 Å². The van der Waals surface area contributed by atoms with Gasteiger partial charge in [-0.2, -0.15) is 0 Å². The Morgan fingerprint density at radius 1 is 1.43 bits per heavy atom. The highest BCUT2D eigenvalue weighted by Gasteiger charge is 2.70. The highest BCUT2D eigenvalue weighted by molar-refractivity contribution is 5.85. The highest BCUT2D eigenvalue weighted by atomic mass is 35.5. The number of primary amides is 1. The topological polar surface area (TPSA) is 52.3 Å². The van der Waals surface area contributed by atoms with Gasteiger partial charge >= 0.3 is 0 Å². The van der Waals surface area contributed by atoms with E-state index in [0.29, 0.717) is 11.8 Å². The zero-order valence-electron chi connectivity index (χ0n) is 14.1. The fourth-order valence-electron chi connectivity index (χ4n) is 4.71. The molecule has 0 radical (unpaired) electrons.